The SMILES string of the molecule is COCCCN=C(C)c1c(O)c2ccccc2oc1=O. The molecule has 0 spiro atoms. The van der Waals surface area contributed by atoms with Crippen LogP contribution in [0.25, 0.3) is 11.0 Å². The Morgan fingerprint density at radius 3 is 2.90 bits per heavy atom. The molecule has 0 aliphatic rings. The van der Waals surface area contributed by atoms with Crippen molar-refractivity contribution < 1.29 is 14.3 Å². The van der Waals surface area contributed by atoms with Gasteiger partial charge in [0.15, 0.2) is 0 Å². The largest absolute Gasteiger partial charge is 0.506 e. The van der Waals surface area contributed by atoms with Crippen molar-refractivity contribution in [3.63, 3.8) is 0 Å². The summed E-state index contributed by atoms with van der Waals surface area (Å²) in [6, 6.07) is 6.87. The van der Waals surface area contributed by atoms with Crippen molar-refractivity contribution in [2.75, 3.05) is 20.3 Å². The number of methoxy groups -OCH3 is 1. The van der Waals surface area contributed by atoms with E-state index in [1.807, 2.05) is 0 Å². The number of hydrogen-bond donors (Lipinski definition) is 1. The predicted octanol–water partition coefficient (Wildman–Crippen LogP) is 2.34. The molecule has 1 aromatic carbocycles. The van der Waals surface area contributed by atoms with Crippen LogP contribution in [0.3, 0.4) is 0 Å². The Hall–Kier alpha value is -2.14. The van der Waals surface area contributed by atoms with Crippen molar-refractivity contribution in [2.24, 2.45) is 4.99 Å². The number of aliphatic imine (C=N–C) groups is 1. The summed E-state index contributed by atoms with van der Waals surface area (Å²) in [6.45, 7) is 2.83. The first-order chi connectivity index (χ1) is 9.65. The third-order valence-electron chi connectivity index (χ3n) is 3.00. The molecule has 5 heteroatoms. The van der Waals surface area contributed by atoms with Crippen LogP contribution in [0.1, 0.15) is 18.9 Å². The van der Waals surface area contributed by atoms with Crippen molar-refractivity contribution in [1.29, 1.82) is 0 Å². The second-order valence-electron chi connectivity index (χ2n) is 4.42. The van der Waals surface area contributed by atoms with Crippen LogP contribution >= 0.6 is 0 Å². The minimum Gasteiger partial charge on any atom is -0.506 e. The van der Waals surface area contributed by atoms with Gasteiger partial charge in [-0.3, -0.25) is 4.99 Å². The molecule has 1 heterocycles. The molecule has 1 N–H and O–H groups in total. The molecule has 0 unspecified atom stereocenters. The Bertz CT molecular complexity index is 688. The lowest BCUT2D eigenvalue weighted by Crippen LogP contribution is -2.13. The van der Waals surface area contributed by atoms with Crippen LogP contribution in [0.2, 0.25) is 0 Å². The lowest BCUT2D eigenvalue weighted by molar-refractivity contribution is 0.197. The highest BCUT2D eigenvalue weighted by Gasteiger charge is 2.15. The van der Waals surface area contributed by atoms with E-state index in [-0.39, 0.29) is 11.3 Å². The number of para-hydroxylation sites is 1. The highest BCUT2D eigenvalue weighted by molar-refractivity contribution is 6.04. The van der Waals surface area contributed by atoms with Crippen molar-refractivity contribution >= 4 is 16.7 Å². The van der Waals surface area contributed by atoms with Gasteiger partial charge in [-0.15, -0.1) is 0 Å². The van der Waals surface area contributed by atoms with Gasteiger partial charge in [-0.1, -0.05) is 12.1 Å². The second-order valence-corrected chi connectivity index (χ2v) is 4.42. The molecule has 106 valence electrons. The Kier molecular flexibility index (Phi) is 4.53. The minimum absolute atomic E-state index is 0.0789. The quantitative estimate of drug-likeness (QED) is 0.516. The lowest BCUT2D eigenvalue weighted by Gasteiger charge is -2.06. The molecule has 5 nitrogen and oxygen atoms in total. The maximum atomic E-state index is 12.0. The molecule has 0 saturated heterocycles. The minimum atomic E-state index is -0.575. The summed E-state index contributed by atoms with van der Waals surface area (Å²) < 4.78 is 10.1. The topological polar surface area (TPSA) is 72.0 Å². The average Bonchev–Trinajstić information content (AvgIpc) is 2.43. The Balaban J connectivity index is 2.41. The Morgan fingerprint density at radius 1 is 1.40 bits per heavy atom. The number of ether oxygens (including phenoxy) is 1. The molecule has 20 heavy (non-hydrogen) atoms. The van der Waals surface area contributed by atoms with E-state index in [4.69, 9.17) is 9.15 Å². The van der Waals surface area contributed by atoms with Gasteiger partial charge in [-0.25, -0.2) is 4.79 Å². The van der Waals surface area contributed by atoms with Gasteiger partial charge >= 0.3 is 5.63 Å². The summed E-state index contributed by atoms with van der Waals surface area (Å²) in [5.74, 6) is -0.0789. The van der Waals surface area contributed by atoms with Crippen molar-refractivity contribution in [3.05, 3.63) is 40.2 Å². The molecule has 2 rings (SSSR count). The summed E-state index contributed by atoms with van der Waals surface area (Å²) in [7, 11) is 1.63. The maximum Gasteiger partial charge on any atom is 0.349 e. The monoisotopic (exact) mass is 275 g/mol. The van der Waals surface area contributed by atoms with E-state index < -0.39 is 5.63 Å². The van der Waals surface area contributed by atoms with E-state index in [9.17, 15) is 9.90 Å². The first kappa shape index (κ1) is 14.3. The number of rotatable bonds is 5. The fraction of sp³-hybridized carbons (Fsp3) is 0.333. The fourth-order valence-corrected chi connectivity index (χ4v) is 1.99. The van der Waals surface area contributed by atoms with Gasteiger partial charge < -0.3 is 14.3 Å². The Labute approximate surface area is 116 Å². The van der Waals surface area contributed by atoms with Crippen LogP contribution in [0.5, 0.6) is 5.75 Å². The van der Waals surface area contributed by atoms with E-state index in [0.717, 1.165) is 6.42 Å². The maximum absolute atomic E-state index is 12.0. The zero-order chi connectivity index (χ0) is 14.5. The molecular formula is C15H17NO4. The third kappa shape index (κ3) is 2.88. The van der Waals surface area contributed by atoms with E-state index in [1.54, 1.807) is 38.3 Å². The smallest absolute Gasteiger partial charge is 0.349 e. The average molecular weight is 275 g/mol. The van der Waals surface area contributed by atoms with E-state index in [0.29, 0.717) is 29.8 Å². The third-order valence-corrected chi connectivity index (χ3v) is 3.00. The molecule has 0 aliphatic heterocycles. The molecular weight excluding hydrogens is 258 g/mol. The first-order valence-corrected chi connectivity index (χ1v) is 6.40. The lowest BCUT2D eigenvalue weighted by atomic mass is 10.1. The van der Waals surface area contributed by atoms with Gasteiger partial charge in [0.1, 0.15) is 16.9 Å². The summed E-state index contributed by atoms with van der Waals surface area (Å²) in [6.07, 6.45) is 0.757. The van der Waals surface area contributed by atoms with E-state index in [2.05, 4.69) is 4.99 Å². The van der Waals surface area contributed by atoms with Crippen molar-refractivity contribution in [3.8, 4) is 5.75 Å². The molecule has 0 fully saturated rings. The normalized spacial score (nSPS) is 12.0. The predicted molar refractivity (Wildman–Crippen MR) is 77.7 cm³/mol. The van der Waals surface area contributed by atoms with Gasteiger partial charge in [-0.2, -0.15) is 0 Å². The molecule has 0 aliphatic carbocycles. The number of nitrogens with zero attached hydrogens (tertiary/aromatic N) is 1. The fourth-order valence-electron chi connectivity index (χ4n) is 1.99. The van der Waals surface area contributed by atoms with E-state index >= 15 is 0 Å². The number of aromatic hydroxyl groups is 1. The summed E-state index contributed by atoms with van der Waals surface area (Å²) >= 11 is 0. The Morgan fingerprint density at radius 2 is 2.15 bits per heavy atom. The first-order valence-electron chi connectivity index (χ1n) is 6.40. The summed E-state index contributed by atoms with van der Waals surface area (Å²) in [5, 5.41) is 10.7. The van der Waals surface area contributed by atoms with E-state index in [1.165, 1.54) is 0 Å². The van der Waals surface area contributed by atoms with Crippen LogP contribution < -0.4 is 5.63 Å². The molecule has 0 amide bonds. The van der Waals surface area contributed by atoms with Crippen LogP contribution in [0.15, 0.2) is 38.5 Å². The number of hydrogen-bond acceptors (Lipinski definition) is 5. The molecule has 0 bridgehead atoms. The van der Waals surface area contributed by atoms with Gasteiger partial charge in [0.2, 0.25) is 0 Å². The number of benzene rings is 1. The van der Waals surface area contributed by atoms with Gasteiger partial charge in [0.05, 0.1) is 11.1 Å². The number of fused-ring (bicyclic) bond motifs is 1. The van der Waals surface area contributed by atoms with Crippen LogP contribution in [0.4, 0.5) is 0 Å². The molecule has 1 aromatic heterocycles. The van der Waals surface area contributed by atoms with Gasteiger partial charge in [-0.05, 0) is 25.5 Å². The van der Waals surface area contributed by atoms with Crippen LogP contribution in [-0.2, 0) is 4.74 Å². The molecule has 0 saturated carbocycles. The van der Waals surface area contributed by atoms with Crippen LogP contribution in [0, 0.1) is 0 Å². The van der Waals surface area contributed by atoms with Crippen molar-refractivity contribution in [2.45, 2.75) is 13.3 Å². The van der Waals surface area contributed by atoms with Crippen molar-refractivity contribution in [1.82, 2.24) is 0 Å². The second kappa shape index (κ2) is 6.34. The van der Waals surface area contributed by atoms with Gasteiger partial charge in [0.25, 0.3) is 0 Å². The molecule has 0 atom stereocenters. The van der Waals surface area contributed by atoms with Crippen LogP contribution in [-0.4, -0.2) is 31.1 Å². The highest BCUT2D eigenvalue weighted by atomic mass is 16.5. The summed E-state index contributed by atoms with van der Waals surface area (Å²) in [4.78, 5) is 16.2. The molecule has 2 aromatic rings. The molecule has 0 radical (unpaired) electrons. The standard InChI is InChI=1S/C15H17NO4/c1-10(16-8-5-9-19-2)13-14(17)11-6-3-4-7-12(11)20-15(13)18/h3-4,6-7,17H,5,8-9H2,1-2H3. The zero-order valence-electron chi connectivity index (χ0n) is 11.5. The highest BCUT2D eigenvalue weighted by Crippen LogP contribution is 2.26. The zero-order valence-corrected chi connectivity index (χ0v) is 11.5. The van der Waals surface area contributed by atoms with Gasteiger partial charge in [0, 0.05) is 20.3 Å². The summed E-state index contributed by atoms with van der Waals surface area (Å²) in [5.41, 5.74) is 0.388.